The van der Waals surface area contributed by atoms with Gasteiger partial charge in [-0.2, -0.15) is 5.10 Å². The summed E-state index contributed by atoms with van der Waals surface area (Å²) >= 11 is 0. The van der Waals surface area contributed by atoms with Crippen molar-refractivity contribution in [3.8, 4) is 22.8 Å². The number of aromatic amines is 1. The van der Waals surface area contributed by atoms with E-state index in [0.717, 1.165) is 46.0 Å². The summed E-state index contributed by atoms with van der Waals surface area (Å²) < 4.78 is 10.9. The van der Waals surface area contributed by atoms with Gasteiger partial charge in [0.15, 0.2) is 11.5 Å². The Balaban J connectivity index is 1.39. The van der Waals surface area contributed by atoms with E-state index >= 15 is 0 Å². The van der Waals surface area contributed by atoms with Gasteiger partial charge < -0.3 is 14.4 Å². The number of H-pyrrole nitrogens is 1. The van der Waals surface area contributed by atoms with Crippen LogP contribution in [0.1, 0.15) is 16.8 Å². The second-order valence-corrected chi connectivity index (χ2v) is 6.70. The zero-order valence-corrected chi connectivity index (χ0v) is 14.6. The van der Waals surface area contributed by atoms with E-state index in [4.69, 9.17) is 9.47 Å². The summed E-state index contributed by atoms with van der Waals surface area (Å²) in [4.78, 5) is 18.7. The number of amides is 1. The van der Waals surface area contributed by atoms with Crippen molar-refractivity contribution >= 4 is 5.91 Å². The fourth-order valence-electron chi connectivity index (χ4n) is 3.58. The molecule has 1 N–H and O–H groups in total. The molecule has 27 heavy (non-hydrogen) atoms. The summed E-state index contributed by atoms with van der Waals surface area (Å²) in [6.45, 7) is 1.48. The highest BCUT2D eigenvalue weighted by Crippen LogP contribution is 2.37. The van der Waals surface area contributed by atoms with Gasteiger partial charge in [0.2, 0.25) is 12.7 Å². The van der Waals surface area contributed by atoms with Crippen LogP contribution in [0.5, 0.6) is 11.5 Å². The van der Waals surface area contributed by atoms with Gasteiger partial charge in [-0.05, 0) is 29.8 Å². The molecule has 7 nitrogen and oxygen atoms in total. The molecule has 0 fully saturated rings. The average molecular weight is 362 g/mol. The quantitative estimate of drug-likeness (QED) is 0.773. The van der Waals surface area contributed by atoms with Crippen LogP contribution in [0.15, 0.2) is 42.7 Å². The zero-order valence-electron chi connectivity index (χ0n) is 14.6. The molecule has 0 spiro atoms. The van der Waals surface area contributed by atoms with Crippen LogP contribution in [0.3, 0.4) is 0 Å². The van der Waals surface area contributed by atoms with Gasteiger partial charge in [0.05, 0.1) is 12.1 Å². The third-order valence-corrected chi connectivity index (χ3v) is 5.01. The van der Waals surface area contributed by atoms with Gasteiger partial charge in [0, 0.05) is 48.7 Å². The van der Waals surface area contributed by atoms with Crippen LogP contribution in [-0.2, 0) is 24.2 Å². The summed E-state index contributed by atoms with van der Waals surface area (Å²) in [5.41, 5.74) is 4.91. The molecule has 5 rings (SSSR count). The lowest BCUT2D eigenvalue weighted by Crippen LogP contribution is -2.36. The van der Waals surface area contributed by atoms with E-state index < -0.39 is 0 Å². The van der Waals surface area contributed by atoms with Gasteiger partial charge in [-0.3, -0.25) is 14.9 Å². The fourth-order valence-corrected chi connectivity index (χ4v) is 3.58. The highest BCUT2D eigenvalue weighted by atomic mass is 16.7. The van der Waals surface area contributed by atoms with Crippen molar-refractivity contribution in [1.82, 2.24) is 20.1 Å². The lowest BCUT2D eigenvalue weighted by Gasteiger charge is -2.27. The van der Waals surface area contributed by atoms with E-state index in [9.17, 15) is 4.79 Å². The van der Waals surface area contributed by atoms with Crippen LogP contribution in [0.2, 0.25) is 0 Å². The molecule has 2 aromatic heterocycles. The molecule has 3 aromatic rings. The minimum Gasteiger partial charge on any atom is -0.454 e. The van der Waals surface area contributed by atoms with E-state index in [-0.39, 0.29) is 12.7 Å². The number of aromatic nitrogens is 3. The molecule has 0 aliphatic carbocycles. The summed E-state index contributed by atoms with van der Waals surface area (Å²) in [6.07, 6.45) is 4.58. The van der Waals surface area contributed by atoms with Crippen molar-refractivity contribution in [3.63, 3.8) is 0 Å². The minimum atomic E-state index is 0.103. The lowest BCUT2D eigenvalue weighted by molar-refractivity contribution is -0.131. The topological polar surface area (TPSA) is 80.3 Å². The Morgan fingerprint density at radius 1 is 1.22 bits per heavy atom. The van der Waals surface area contributed by atoms with Crippen molar-refractivity contribution in [1.29, 1.82) is 0 Å². The second-order valence-electron chi connectivity index (χ2n) is 6.70. The Morgan fingerprint density at radius 2 is 2.15 bits per heavy atom. The van der Waals surface area contributed by atoms with Crippen LogP contribution in [-0.4, -0.2) is 39.3 Å². The normalized spacial score (nSPS) is 14.9. The van der Waals surface area contributed by atoms with E-state index in [1.807, 2.05) is 35.2 Å². The van der Waals surface area contributed by atoms with E-state index in [1.54, 1.807) is 12.4 Å². The molecule has 0 saturated carbocycles. The first-order chi connectivity index (χ1) is 13.3. The minimum absolute atomic E-state index is 0.103. The number of benzene rings is 1. The third kappa shape index (κ3) is 2.91. The van der Waals surface area contributed by atoms with Crippen LogP contribution >= 0.6 is 0 Å². The molecule has 0 atom stereocenters. The Labute approximate surface area is 155 Å². The van der Waals surface area contributed by atoms with E-state index in [0.29, 0.717) is 19.5 Å². The number of fused-ring (bicyclic) bond motifs is 2. The maximum atomic E-state index is 12.7. The lowest BCUT2D eigenvalue weighted by atomic mass is 10.00. The predicted molar refractivity (Wildman–Crippen MR) is 97.2 cm³/mol. The smallest absolute Gasteiger partial charge is 0.231 e. The van der Waals surface area contributed by atoms with Crippen molar-refractivity contribution < 1.29 is 14.3 Å². The number of carbonyl (C=O) groups is 1. The fraction of sp³-hybridized carbons (Fsp3) is 0.250. The molecular weight excluding hydrogens is 344 g/mol. The molecule has 4 heterocycles. The molecule has 0 radical (unpaired) electrons. The molecular formula is C20H18N4O3. The number of nitrogens with one attached hydrogen (secondary N) is 1. The predicted octanol–water partition coefficient (Wildman–Crippen LogP) is 2.33. The first-order valence-electron chi connectivity index (χ1n) is 8.91. The molecule has 0 saturated heterocycles. The number of nitrogens with zero attached hydrogens (tertiary/aromatic N) is 3. The Kier molecular flexibility index (Phi) is 3.78. The zero-order chi connectivity index (χ0) is 18.2. The van der Waals surface area contributed by atoms with Crippen LogP contribution < -0.4 is 9.47 Å². The Hall–Kier alpha value is -3.35. The van der Waals surface area contributed by atoms with Crippen LogP contribution in [0, 0.1) is 0 Å². The standard InChI is InChI=1S/C20H18N4O3/c25-19(8-13-2-1-6-21-10-13)24-7-5-16-15(11-24)20(23-22-16)14-3-4-17-18(9-14)27-12-26-17/h1-4,6,9-10H,5,7-8,11-12H2,(H,22,23). The Morgan fingerprint density at radius 3 is 3.04 bits per heavy atom. The molecule has 2 aliphatic rings. The second kappa shape index (κ2) is 6.42. The summed E-state index contributed by atoms with van der Waals surface area (Å²) in [7, 11) is 0. The average Bonchev–Trinajstić information content (AvgIpc) is 3.34. The van der Waals surface area contributed by atoms with Crippen molar-refractivity contribution in [2.45, 2.75) is 19.4 Å². The summed E-state index contributed by atoms with van der Waals surface area (Å²) in [5.74, 6) is 1.58. The highest BCUT2D eigenvalue weighted by molar-refractivity contribution is 5.79. The van der Waals surface area contributed by atoms with Gasteiger partial charge in [0.1, 0.15) is 0 Å². The number of rotatable bonds is 3. The summed E-state index contributed by atoms with van der Waals surface area (Å²) in [6, 6.07) is 9.59. The maximum Gasteiger partial charge on any atom is 0.231 e. The van der Waals surface area contributed by atoms with Crippen LogP contribution in [0.25, 0.3) is 11.3 Å². The number of hydrogen-bond acceptors (Lipinski definition) is 5. The molecule has 1 amide bonds. The molecule has 7 heteroatoms. The Bertz CT molecular complexity index is 1000. The van der Waals surface area contributed by atoms with Crippen LogP contribution in [0.4, 0.5) is 0 Å². The van der Waals surface area contributed by atoms with Crippen molar-refractivity contribution in [3.05, 3.63) is 59.5 Å². The molecule has 136 valence electrons. The number of ether oxygens (including phenoxy) is 2. The van der Waals surface area contributed by atoms with E-state index in [1.165, 1.54) is 0 Å². The van der Waals surface area contributed by atoms with Gasteiger partial charge in [-0.15, -0.1) is 0 Å². The first-order valence-corrected chi connectivity index (χ1v) is 8.91. The highest BCUT2D eigenvalue weighted by Gasteiger charge is 2.26. The van der Waals surface area contributed by atoms with Crippen molar-refractivity contribution in [2.75, 3.05) is 13.3 Å². The summed E-state index contributed by atoms with van der Waals surface area (Å²) in [5, 5.41) is 7.63. The van der Waals surface area contributed by atoms with Gasteiger partial charge in [0.25, 0.3) is 0 Å². The first kappa shape index (κ1) is 15.9. The molecule has 2 aliphatic heterocycles. The molecule has 0 unspecified atom stereocenters. The number of pyridine rings is 1. The van der Waals surface area contributed by atoms with Gasteiger partial charge in [-0.25, -0.2) is 0 Å². The molecule has 1 aromatic carbocycles. The van der Waals surface area contributed by atoms with Gasteiger partial charge in [-0.1, -0.05) is 6.07 Å². The number of hydrogen-bond donors (Lipinski definition) is 1. The monoisotopic (exact) mass is 362 g/mol. The van der Waals surface area contributed by atoms with E-state index in [2.05, 4.69) is 15.2 Å². The SMILES string of the molecule is O=C(Cc1cccnc1)N1CCc2[nH]nc(-c3ccc4c(c3)OCO4)c2C1. The third-order valence-electron chi connectivity index (χ3n) is 5.01. The number of carbonyl (C=O) groups excluding carboxylic acids is 1. The molecule has 0 bridgehead atoms. The largest absolute Gasteiger partial charge is 0.454 e. The van der Waals surface area contributed by atoms with Gasteiger partial charge >= 0.3 is 0 Å². The van der Waals surface area contributed by atoms with Crippen molar-refractivity contribution in [2.24, 2.45) is 0 Å². The maximum absolute atomic E-state index is 12.7.